The molecule has 2 aromatic rings. The number of aromatic amines is 1. The molecule has 1 saturated heterocycles. The third-order valence-electron chi connectivity index (χ3n) is 5.02. The lowest BCUT2D eigenvalue weighted by Crippen LogP contribution is -2.59. The van der Waals surface area contributed by atoms with Gasteiger partial charge in [-0.05, 0) is 63.3 Å². The average Bonchev–Trinajstić information content (AvgIpc) is 2.61. The second-order valence-electron chi connectivity index (χ2n) is 8.83. The summed E-state index contributed by atoms with van der Waals surface area (Å²) >= 11 is 7.65. The lowest BCUT2D eigenvalue weighted by Gasteiger charge is -2.45. The Hall–Kier alpha value is -1.76. The first-order valence-electron chi connectivity index (χ1n) is 9.85. The minimum absolute atomic E-state index is 0.0864. The van der Waals surface area contributed by atoms with Gasteiger partial charge in [0.15, 0.2) is 0 Å². The average molecular weight is 587 g/mol. The first-order valence-corrected chi connectivity index (χ1v) is 11.3. The quantitative estimate of drug-likeness (QED) is 0.474. The summed E-state index contributed by atoms with van der Waals surface area (Å²) < 4.78 is 46.2. The molecule has 1 aromatic heterocycles. The van der Waals surface area contributed by atoms with Gasteiger partial charge in [-0.1, -0.05) is 11.6 Å². The Morgan fingerprint density at radius 3 is 2.31 bits per heavy atom. The maximum absolute atomic E-state index is 13.6. The van der Waals surface area contributed by atoms with Crippen LogP contribution in [0.2, 0.25) is 5.02 Å². The van der Waals surface area contributed by atoms with Crippen molar-refractivity contribution in [3.8, 4) is 0 Å². The van der Waals surface area contributed by atoms with Crippen LogP contribution in [0.5, 0.6) is 0 Å². The molecule has 2 atom stereocenters. The fraction of sp³-hybridized carbons (Fsp3) is 0.550. The number of H-pyrrole nitrogens is 1. The highest BCUT2D eigenvalue weighted by atomic mass is 127. The molecule has 0 saturated carbocycles. The second kappa shape index (κ2) is 8.54. The number of carbonyl (C=O) groups excluding carboxylic acids is 1. The van der Waals surface area contributed by atoms with Crippen molar-refractivity contribution in [3.63, 3.8) is 0 Å². The summed E-state index contributed by atoms with van der Waals surface area (Å²) in [6, 6.07) is 0.240. The minimum Gasteiger partial charge on any atom is -0.444 e. The molecule has 1 aromatic carbocycles. The van der Waals surface area contributed by atoms with Crippen LogP contribution in [-0.4, -0.2) is 51.7 Å². The van der Waals surface area contributed by atoms with Crippen molar-refractivity contribution in [2.75, 3.05) is 18.0 Å². The number of benzene rings is 1. The summed E-state index contributed by atoms with van der Waals surface area (Å²) in [7, 11) is 0. The predicted octanol–water partition coefficient (Wildman–Crippen LogP) is 5.03. The van der Waals surface area contributed by atoms with Gasteiger partial charge in [0.25, 0.3) is 0 Å². The molecular weight excluding hydrogens is 564 g/mol. The van der Waals surface area contributed by atoms with Crippen LogP contribution < -0.4 is 10.6 Å². The van der Waals surface area contributed by atoms with Crippen molar-refractivity contribution < 1.29 is 22.7 Å². The van der Waals surface area contributed by atoms with Gasteiger partial charge in [0, 0.05) is 18.5 Å². The summed E-state index contributed by atoms with van der Waals surface area (Å²) in [5.41, 5.74) is -2.17. The zero-order chi connectivity index (χ0) is 24.2. The first-order chi connectivity index (χ1) is 14.6. The van der Waals surface area contributed by atoms with E-state index in [0.717, 1.165) is 6.07 Å². The Morgan fingerprint density at radius 1 is 1.25 bits per heavy atom. The Labute approximate surface area is 201 Å². The fourth-order valence-corrected chi connectivity index (χ4v) is 4.81. The van der Waals surface area contributed by atoms with Gasteiger partial charge in [-0.3, -0.25) is 4.90 Å². The van der Waals surface area contributed by atoms with E-state index in [1.807, 2.05) is 13.8 Å². The lowest BCUT2D eigenvalue weighted by atomic mass is 10.1. The van der Waals surface area contributed by atoms with E-state index in [1.165, 1.54) is 0 Å². The molecule has 1 fully saturated rings. The summed E-state index contributed by atoms with van der Waals surface area (Å²) in [5.74, 6) is 0.117. The molecule has 1 aliphatic rings. The van der Waals surface area contributed by atoms with E-state index in [4.69, 9.17) is 16.3 Å². The van der Waals surface area contributed by atoms with Gasteiger partial charge >= 0.3 is 18.0 Å². The van der Waals surface area contributed by atoms with Crippen LogP contribution in [0.3, 0.4) is 0 Å². The Kier molecular flexibility index (Phi) is 6.64. The molecule has 3 rings (SSSR count). The third kappa shape index (κ3) is 4.92. The van der Waals surface area contributed by atoms with Gasteiger partial charge in [-0.25, -0.2) is 9.59 Å². The number of hydrogen-bond acceptors (Lipinski definition) is 5. The van der Waals surface area contributed by atoms with Crippen LogP contribution >= 0.6 is 34.2 Å². The van der Waals surface area contributed by atoms with Gasteiger partial charge in [0.05, 0.1) is 31.8 Å². The monoisotopic (exact) mass is 586 g/mol. The van der Waals surface area contributed by atoms with Gasteiger partial charge < -0.3 is 14.6 Å². The standard InChI is InChI=1S/C20H23ClF3IN4O3/c1-9-7-28(8-10(2)29(9)18(31)32-19(3,4)5)16-11-6-12(20(22,23)24)13(21)14(25)15(11)26-17(30)27-16/h6,9-10H,7-8H2,1-5H3,(H,26,27,30)/t9-,10+. The molecule has 0 unspecified atom stereocenters. The van der Waals surface area contributed by atoms with E-state index in [2.05, 4.69) is 9.97 Å². The van der Waals surface area contributed by atoms with Gasteiger partial charge in [-0.15, -0.1) is 0 Å². The smallest absolute Gasteiger partial charge is 0.417 e. The molecule has 32 heavy (non-hydrogen) atoms. The van der Waals surface area contributed by atoms with E-state index in [1.54, 1.807) is 53.2 Å². The van der Waals surface area contributed by atoms with Crippen LogP contribution in [0.1, 0.15) is 40.2 Å². The number of ether oxygens (including phenoxy) is 1. The molecule has 0 spiro atoms. The number of fused-ring (bicyclic) bond motifs is 1. The number of hydrogen-bond donors (Lipinski definition) is 1. The molecule has 0 aliphatic carbocycles. The van der Waals surface area contributed by atoms with Crippen molar-refractivity contribution in [1.82, 2.24) is 14.9 Å². The van der Waals surface area contributed by atoms with Crippen LogP contribution in [-0.2, 0) is 10.9 Å². The molecule has 1 amide bonds. The summed E-state index contributed by atoms with van der Waals surface area (Å²) in [6.07, 6.45) is -5.14. The van der Waals surface area contributed by atoms with Crippen LogP contribution in [0.25, 0.3) is 10.9 Å². The third-order valence-corrected chi connectivity index (χ3v) is 6.81. The Bertz CT molecular complexity index is 1100. The number of rotatable bonds is 1. The zero-order valence-electron chi connectivity index (χ0n) is 18.1. The normalized spacial score (nSPS) is 20.1. The number of piperazine rings is 1. The first kappa shape index (κ1) is 24.9. The Balaban J connectivity index is 2.06. The van der Waals surface area contributed by atoms with Crippen molar-refractivity contribution in [2.45, 2.75) is 58.5 Å². The van der Waals surface area contributed by atoms with Crippen LogP contribution in [0, 0.1) is 3.57 Å². The summed E-state index contributed by atoms with van der Waals surface area (Å²) in [5, 5.41) is -0.342. The van der Waals surface area contributed by atoms with E-state index in [0.29, 0.717) is 0 Å². The van der Waals surface area contributed by atoms with Crippen LogP contribution in [0.15, 0.2) is 10.9 Å². The molecule has 1 aliphatic heterocycles. The predicted molar refractivity (Wildman–Crippen MR) is 124 cm³/mol. The molecular formula is C20H23ClF3IN4O3. The molecule has 1 N–H and O–H groups in total. The van der Waals surface area contributed by atoms with Gasteiger partial charge in [0.1, 0.15) is 11.4 Å². The molecule has 7 nitrogen and oxygen atoms in total. The number of anilines is 1. The number of nitrogens with one attached hydrogen (secondary N) is 1. The number of amides is 1. The molecule has 0 bridgehead atoms. The zero-order valence-corrected chi connectivity index (χ0v) is 21.0. The summed E-state index contributed by atoms with van der Waals surface area (Å²) in [6.45, 7) is 9.45. The summed E-state index contributed by atoms with van der Waals surface area (Å²) in [4.78, 5) is 34.7. The number of nitrogens with zero attached hydrogens (tertiary/aromatic N) is 3. The lowest BCUT2D eigenvalue weighted by molar-refractivity contribution is -0.137. The van der Waals surface area contributed by atoms with Crippen LogP contribution in [0.4, 0.5) is 23.8 Å². The molecule has 12 heteroatoms. The maximum atomic E-state index is 13.6. The molecule has 0 radical (unpaired) electrons. The van der Waals surface area contributed by atoms with Gasteiger partial charge in [-0.2, -0.15) is 18.2 Å². The number of carbonyl (C=O) groups is 1. The number of halogens is 5. The maximum Gasteiger partial charge on any atom is 0.417 e. The molecule has 176 valence electrons. The fourth-order valence-electron chi connectivity index (χ4n) is 3.83. The largest absolute Gasteiger partial charge is 0.444 e. The van der Waals surface area contributed by atoms with Crippen molar-refractivity contribution >= 4 is 57.0 Å². The number of aromatic nitrogens is 2. The van der Waals surface area contributed by atoms with E-state index >= 15 is 0 Å². The van der Waals surface area contributed by atoms with Crippen molar-refractivity contribution in [2.24, 2.45) is 0 Å². The molecule has 2 heterocycles. The Morgan fingerprint density at radius 2 is 1.81 bits per heavy atom. The topological polar surface area (TPSA) is 78.5 Å². The van der Waals surface area contributed by atoms with E-state index in [-0.39, 0.29) is 45.5 Å². The minimum atomic E-state index is -4.67. The number of alkyl halides is 3. The van der Waals surface area contributed by atoms with Crippen molar-refractivity contribution in [3.05, 3.63) is 30.7 Å². The second-order valence-corrected chi connectivity index (χ2v) is 10.3. The van der Waals surface area contributed by atoms with E-state index in [9.17, 15) is 22.8 Å². The highest BCUT2D eigenvalue weighted by Crippen LogP contribution is 2.41. The highest BCUT2D eigenvalue weighted by Gasteiger charge is 2.38. The van der Waals surface area contributed by atoms with Crippen molar-refractivity contribution in [1.29, 1.82) is 0 Å². The van der Waals surface area contributed by atoms with Gasteiger partial charge in [0.2, 0.25) is 0 Å². The highest BCUT2D eigenvalue weighted by molar-refractivity contribution is 14.1. The van der Waals surface area contributed by atoms with E-state index < -0.39 is 34.1 Å². The SMILES string of the molecule is C[C@@H]1CN(c2nc(=O)[nH]c3c(I)c(Cl)c(C(F)(F)F)cc23)C[C@H](C)N1C(=O)OC(C)(C)C.